The summed E-state index contributed by atoms with van der Waals surface area (Å²) in [6.07, 6.45) is 2.48. The molecule has 0 aromatic heterocycles. The Labute approximate surface area is 83.1 Å². The highest BCUT2D eigenvalue weighted by Gasteiger charge is 2.10. The molecule has 2 unspecified atom stereocenters. The molecule has 0 aliphatic heterocycles. The second-order valence-electron chi connectivity index (χ2n) is 3.66. The summed E-state index contributed by atoms with van der Waals surface area (Å²) in [5.74, 6) is 0.796. The van der Waals surface area contributed by atoms with Gasteiger partial charge in [-0.15, -0.1) is 0 Å². The van der Waals surface area contributed by atoms with Crippen LogP contribution >= 0.6 is 0 Å². The van der Waals surface area contributed by atoms with Gasteiger partial charge in [-0.25, -0.2) is 0 Å². The van der Waals surface area contributed by atoms with Crippen LogP contribution in [0.1, 0.15) is 40.5 Å². The summed E-state index contributed by atoms with van der Waals surface area (Å²) >= 11 is 0. The van der Waals surface area contributed by atoms with E-state index < -0.39 is 0 Å². The smallest absolute Gasteiger partial charge is 0.0619 e. The van der Waals surface area contributed by atoms with Crippen molar-refractivity contribution < 1.29 is 4.74 Å². The summed E-state index contributed by atoms with van der Waals surface area (Å²) in [6, 6.07) is 0.542. The van der Waals surface area contributed by atoms with Crippen LogP contribution in [0.2, 0.25) is 0 Å². The van der Waals surface area contributed by atoms with Crippen LogP contribution < -0.4 is 5.32 Å². The molecule has 0 aliphatic carbocycles. The summed E-state index contributed by atoms with van der Waals surface area (Å²) < 4.78 is 5.43. The zero-order valence-electron chi connectivity index (χ0n) is 9.60. The third-order valence-electron chi connectivity index (χ3n) is 2.40. The van der Waals surface area contributed by atoms with Crippen molar-refractivity contribution >= 4 is 0 Å². The minimum Gasteiger partial charge on any atom is -0.380 e. The standard InChI is InChI=1S/C11H25NO/c1-5-10(4)8-11(12-6-2)9-13-7-3/h10-12H,5-9H2,1-4H3. The number of rotatable bonds is 8. The molecule has 2 nitrogen and oxygen atoms in total. The molecule has 2 atom stereocenters. The van der Waals surface area contributed by atoms with E-state index in [9.17, 15) is 0 Å². The van der Waals surface area contributed by atoms with E-state index in [1.807, 2.05) is 6.92 Å². The Bertz CT molecular complexity index is 106. The van der Waals surface area contributed by atoms with E-state index in [0.717, 1.165) is 25.7 Å². The highest BCUT2D eigenvalue weighted by atomic mass is 16.5. The SMILES string of the molecule is CCNC(COCC)CC(C)CC. The van der Waals surface area contributed by atoms with Crippen molar-refractivity contribution in [2.24, 2.45) is 5.92 Å². The van der Waals surface area contributed by atoms with Gasteiger partial charge in [-0.1, -0.05) is 27.2 Å². The number of hydrogen-bond acceptors (Lipinski definition) is 2. The van der Waals surface area contributed by atoms with Crippen LogP contribution in [0.15, 0.2) is 0 Å². The van der Waals surface area contributed by atoms with Gasteiger partial charge in [0, 0.05) is 12.6 Å². The minimum atomic E-state index is 0.542. The molecule has 0 aromatic carbocycles. The van der Waals surface area contributed by atoms with E-state index in [1.165, 1.54) is 12.8 Å². The maximum Gasteiger partial charge on any atom is 0.0619 e. The molecular weight excluding hydrogens is 162 g/mol. The van der Waals surface area contributed by atoms with E-state index in [0.29, 0.717) is 6.04 Å². The van der Waals surface area contributed by atoms with Crippen LogP contribution in [-0.2, 0) is 4.74 Å². The molecule has 0 aromatic rings. The van der Waals surface area contributed by atoms with Crippen molar-refractivity contribution in [2.45, 2.75) is 46.6 Å². The third kappa shape index (κ3) is 7.03. The lowest BCUT2D eigenvalue weighted by Gasteiger charge is -2.20. The van der Waals surface area contributed by atoms with Crippen LogP contribution in [0.3, 0.4) is 0 Å². The molecular formula is C11H25NO. The van der Waals surface area contributed by atoms with Gasteiger partial charge >= 0.3 is 0 Å². The predicted molar refractivity (Wildman–Crippen MR) is 58.0 cm³/mol. The molecule has 13 heavy (non-hydrogen) atoms. The quantitative estimate of drug-likeness (QED) is 0.630. The zero-order chi connectivity index (χ0) is 10.1. The molecule has 0 saturated carbocycles. The second-order valence-corrected chi connectivity index (χ2v) is 3.66. The number of hydrogen-bond donors (Lipinski definition) is 1. The molecule has 80 valence electrons. The van der Waals surface area contributed by atoms with Gasteiger partial charge in [-0.3, -0.25) is 0 Å². The second kappa shape index (κ2) is 8.52. The predicted octanol–water partition coefficient (Wildman–Crippen LogP) is 2.44. The van der Waals surface area contributed by atoms with Crippen LogP contribution in [0, 0.1) is 5.92 Å². The van der Waals surface area contributed by atoms with E-state index in [1.54, 1.807) is 0 Å². The first-order valence-corrected chi connectivity index (χ1v) is 5.55. The van der Waals surface area contributed by atoms with Crippen molar-refractivity contribution in [3.63, 3.8) is 0 Å². The fourth-order valence-corrected chi connectivity index (χ4v) is 1.41. The van der Waals surface area contributed by atoms with Crippen molar-refractivity contribution in [1.29, 1.82) is 0 Å². The van der Waals surface area contributed by atoms with E-state index in [2.05, 4.69) is 26.1 Å². The highest BCUT2D eigenvalue weighted by molar-refractivity contribution is 4.68. The molecule has 1 N–H and O–H groups in total. The highest BCUT2D eigenvalue weighted by Crippen LogP contribution is 2.09. The lowest BCUT2D eigenvalue weighted by molar-refractivity contribution is 0.115. The molecule has 0 spiro atoms. The topological polar surface area (TPSA) is 21.3 Å². The number of ether oxygens (including phenoxy) is 1. The fourth-order valence-electron chi connectivity index (χ4n) is 1.41. The van der Waals surface area contributed by atoms with Gasteiger partial charge in [0.15, 0.2) is 0 Å². The maximum atomic E-state index is 5.43. The average molecular weight is 187 g/mol. The molecule has 0 radical (unpaired) electrons. The van der Waals surface area contributed by atoms with Crippen LogP contribution in [-0.4, -0.2) is 25.8 Å². The average Bonchev–Trinajstić information content (AvgIpc) is 2.14. The Kier molecular flexibility index (Phi) is 8.46. The molecule has 0 rings (SSSR count). The molecule has 0 amide bonds. The van der Waals surface area contributed by atoms with Crippen molar-refractivity contribution in [1.82, 2.24) is 5.32 Å². The molecule has 0 heterocycles. The van der Waals surface area contributed by atoms with Crippen molar-refractivity contribution in [3.05, 3.63) is 0 Å². The maximum absolute atomic E-state index is 5.43. The zero-order valence-corrected chi connectivity index (χ0v) is 9.60. The van der Waals surface area contributed by atoms with Crippen LogP contribution in [0.4, 0.5) is 0 Å². The van der Waals surface area contributed by atoms with Gasteiger partial charge in [-0.05, 0) is 25.8 Å². The first-order valence-electron chi connectivity index (χ1n) is 5.55. The first kappa shape index (κ1) is 12.9. The lowest BCUT2D eigenvalue weighted by Crippen LogP contribution is -2.34. The van der Waals surface area contributed by atoms with Gasteiger partial charge in [0.2, 0.25) is 0 Å². The Morgan fingerprint density at radius 2 is 1.92 bits per heavy atom. The Morgan fingerprint density at radius 1 is 1.23 bits per heavy atom. The van der Waals surface area contributed by atoms with Gasteiger partial charge in [0.25, 0.3) is 0 Å². The Hall–Kier alpha value is -0.0800. The molecule has 0 aliphatic rings. The summed E-state index contributed by atoms with van der Waals surface area (Å²) in [5, 5.41) is 3.46. The summed E-state index contributed by atoms with van der Waals surface area (Å²) in [4.78, 5) is 0. The monoisotopic (exact) mass is 187 g/mol. The third-order valence-corrected chi connectivity index (χ3v) is 2.40. The van der Waals surface area contributed by atoms with Crippen LogP contribution in [0.25, 0.3) is 0 Å². The Morgan fingerprint density at radius 3 is 2.38 bits per heavy atom. The van der Waals surface area contributed by atoms with E-state index in [4.69, 9.17) is 4.74 Å². The summed E-state index contributed by atoms with van der Waals surface area (Å²) in [5.41, 5.74) is 0. The normalized spacial score (nSPS) is 15.7. The summed E-state index contributed by atoms with van der Waals surface area (Å²) in [6.45, 7) is 11.5. The van der Waals surface area contributed by atoms with Crippen LogP contribution in [0.5, 0.6) is 0 Å². The minimum absolute atomic E-state index is 0.542. The van der Waals surface area contributed by atoms with E-state index >= 15 is 0 Å². The summed E-state index contributed by atoms with van der Waals surface area (Å²) in [7, 11) is 0. The number of likely N-dealkylation sites (N-methyl/N-ethyl adjacent to an activating group) is 1. The molecule has 0 fully saturated rings. The van der Waals surface area contributed by atoms with Crippen molar-refractivity contribution in [2.75, 3.05) is 19.8 Å². The van der Waals surface area contributed by atoms with Crippen molar-refractivity contribution in [3.8, 4) is 0 Å². The molecule has 0 saturated heterocycles. The van der Waals surface area contributed by atoms with Gasteiger partial charge in [0.05, 0.1) is 6.61 Å². The lowest BCUT2D eigenvalue weighted by atomic mass is 10.00. The number of nitrogens with one attached hydrogen (secondary N) is 1. The van der Waals surface area contributed by atoms with Gasteiger partial charge in [0.1, 0.15) is 0 Å². The fraction of sp³-hybridized carbons (Fsp3) is 1.00. The van der Waals surface area contributed by atoms with E-state index in [-0.39, 0.29) is 0 Å². The Balaban J connectivity index is 3.65. The molecule has 2 heteroatoms. The van der Waals surface area contributed by atoms with Gasteiger partial charge < -0.3 is 10.1 Å². The largest absolute Gasteiger partial charge is 0.380 e. The van der Waals surface area contributed by atoms with Gasteiger partial charge in [-0.2, -0.15) is 0 Å². The molecule has 0 bridgehead atoms. The first-order chi connectivity index (χ1) is 6.24.